The molecule has 28 heavy (non-hydrogen) atoms. The van der Waals surface area contributed by atoms with E-state index in [0.717, 1.165) is 56.7 Å². The standard InChI is InChI=1S/C18H25N5O4S/c1-28(25,26)13-17(24)22-6-2-3-14(11-22)18-19-16-5-4-15(12-23(16)20-18)21-7-9-27-10-8-21/h4-5,12,14H,2-3,6-11,13H2,1H3. The van der Waals surface area contributed by atoms with E-state index in [4.69, 9.17) is 4.74 Å². The molecule has 0 spiro atoms. The van der Waals surface area contributed by atoms with Crippen LogP contribution in [-0.4, -0.2) is 85.2 Å². The minimum Gasteiger partial charge on any atom is -0.378 e. The second kappa shape index (κ2) is 7.67. The topological polar surface area (TPSA) is 97.1 Å². The van der Waals surface area contributed by atoms with Crippen LogP contribution < -0.4 is 4.90 Å². The maximum Gasteiger partial charge on any atom is 0.237 e. The maximum atomic E-state index is 12.3. The van der Waals surface area contributed by atoms with Crippen LogP contribution in [-0.2, 0) is 19.4 Å². The monoisotopic (exact) mass is 407 g/mol. The van der Waals surface area contributed by atoms with Gasteiger partial charge in [0.2, 0.25) is 5.91 Å². The highest BCUT2D eigenvalue weighted by Gasteiger charge is 2.29. The molecule has 2 aliphatic rings. The van der Waals surface area contributed by atoms with Gasteiger partial charge in [0.05, 0.1) is 25.1 Å². The molecule has 9 nitrogen and oxygen atoms in total. The van der Waals surface area contributed by atoms with E-state index >= 15 is 0 Å². The number of amides is 1. The Morgan fingerprint density at radius 3 is 2.79 bits per heavy atom. The second-order valence-corrected chi connectivity index (χ2v) is 9.65. The van der Waals surface area contributed by atoms with Crippen molar-refractivity contribution in [3.8, 4) is 0 Å². The highest BCUT2D eigenvalue weighted by molar-refractivity contribution is 7.91. The summed E-state index contributed by atoms with van der Waals surface area (Å²) in [6.45, 7) is 4.20. The van der Waals surface area contributed by atoms with Gasteiger partial charge in [0.25, 0.3) is 0 Å². The number of pyridine rings is 1. The van der Waals surface area contributed by atoms with Crippen LogP contribution in [0.1, 0.15) is 24.6 Å². The molecule has 0 aromatic carbocycles. The lowest BCUT2D eigenvalue weighted by molar-refractivity contribution is -0.129. The summed E-state index contributed by atoms with van der Waals surface area (Å²) < 4.78 is 30.1. The first kappa shape index (κ1) is 19.1. The van der Waals surface area contributed by atoms with Crippen molar-refractivity contribution in [2.24, 2.45) is 0 Å². The molecular weight excluding hydrogens is 382 g/mol. The number of morpholine rings is 1. The molecule has 10 heteroatoms. The van der Waals surface area contributed by atoms with Gasteiger partial charge in [-0.3, -0.25) is 4.79 Å². The first-order valence-electron chi connectivity index (χ1n) is 9.53. The van der Waals surface area contributed by atoms with Gasteiger partial charge in [0.1, 0.15) is 5.75 Å². The van der Waals surface area contributed by atoms with Crippen LogP contribution in [0.5, 0.6) is 0 Å². The zero-order valence-corrected chi connectivity index (χ0v) is 16.8. The predicted molar refractivity (Wildman–Crippen MR) is 104 cm³/mol. The molecule has 0 N–H and O–H groups in total. The Kier molecular flexibility index (Phi) is 5.24. The lowest BCUT2D eigenvalue weighted by Crippen LogP contribution is -2.42. The van der Waals surface area contributed by atoms with E-state index in [-0.39, 0.29) is 11.8 Å². The first-order chi connectivity index (χ1) is 13.4. The van der Waals surface area contributed by atoms with Crippen molar-refractivity contribution >= 4 is 27.1 Å². The zero-order valence-electron chi connectivity index (χ0n) is 16.0. The molecule has 0 radical (unpaired) electrons. The van der Waals surface area contributed by atoms with E-state index in [1.807, 2.05) is 18.3 Å². The van der Waals surface area contributed by atoms with Gasteiger partial charge >= 0.3 is 0 Å². The Bertz CT molecular complexity index is 968. The fraction of sp³-hybridized carbons (Fsp3) is 0.611. The largest absolute Gasteiger partial charge is 0.378 e. The summed E-state index contributed by atoms with van der Waals surface area (Å²) in [5.74, 6) is -0.0631. The van der Waals surface area contributed by atoms with E-state index in [2.05, 4.69) is 15.0 Å². The molecular formula is C18H25N5O4S. The van der Waals surface area contributed by atoms with E-state index < -0.39 is 15.6 Å². The van der Waals surface area contributed by atoms with Crippen LogP contribution in [0, 0.1) is 0 Å². The average Bonchev–Trinajstić information content (AvgIpc) is 3.11. The number of hydrogen-bond donors (Lipinski definition) is 0. The van der Waals surface area contributed by atoms with Gasteiger partial charge in [0, 0.05) is 38.4 Å². The highest BCUT2D eigenvalue weighted by atomic mass is 32.2. The zero-order chi connectivity index (χ0) is 19.7. The van der Waals surface area contributed by atoms with Crippen molar-refractivity contribution in [3.05, 3.63) is 24.2 Å². The molecule has 0 bridgehead atoms. The fourth-order valence-electron chi connectivity index (χ4n) is 3.80. The first-order valence-corrected chi connectivity index (χ1v) is 11.6. The smallest absolute Gasteiger partial charge is 0.237 e. The molecule has 4 rings (SSSR count). The Labute approximate surface area is 164 Å². The minimum absolute atomic E-state index is 0.0176. The number of carbonyl (C=O) groups excluding carboxylic acids is 1. The number of hydrogen-bond acceptors (Lipinski definition) is 7. The normalized spacial score (nSPS) is 21.2. The summed E-state index contributed by atoms with van der Waals surface area (Å²) in [5.41, 5.74) is 1.85. The molecule has 152 valence electrons. The molecule has 2 aliphatic heterocycles. The summed E-state index contributed by atoms with van der Waals surface area (Å²) in [4.78, 5) is 20.8. The predicted octanol–water partition coefficient (Wildman–Crippen LogP) is 0.317. The summed E-state index contributed by atoms with van der Waals surface area (Å²) in [5, 5.41) is 4.65. The summed E-state index contributed by atoms with van der Waals surface area (Å²) in [6, 6.07) is 4.00. The summed E-state index contributed by atoms with van der Waals surface area (Å²) in [6.07, 6.45) is 4.76. The minimum atomic E-state index is -3.33. The van der Waals surface area contributed by atoms with Crippen molar-refractivity contribution in [1.29, 1.82) is 0 Å². The number of nitrogens with zero attached hydrogens (tertiary/aromatic N) is 5. The van der Waals surface area contributed by atoms with Crippen LogP contribution in [0.15, 0.2) is 18.3 Å². The third-order valence-corrected chi connectivity index (χ3v) is 6.00. The maximum absolute atomic E-state index is 12.3. The van der Waals surface area contributed by atoms with Crippen LogP contribution in [0.25, 0.3) is 5.65 Å². The molecule has 1 amide bonds. The fourth-order valence-corrected chi connectivity index (χ4v) is 4.43. The number of piperidine rings is 1. The number of carbonyl (C=O) groups is 1. The van der Waals surface area contributed by atoms with Gasteiger partial charge in [-0.2, -0.15) is 5.10 Å². The molecule has 2 fully saturated rings. The lowest BCUT2D eigenvalue weighted by atomic mass is 9.97. The molecule has 0 aliphatic carbocycles. The van der Waals surface area contributed by atoms with Crippen LogP contribution in [0.2, 0.25) is 0 Å². The van der Waals surface area contributed by atoms with Crippen molar-refractivity contribution in [2.75, 3.05) is 56.3 Å². The van der Waals surface area contributed by atoms with Crippen molar-refractivity contribution in [3.63, 3.8) is 0 Å². The van der Waals surface area contributed by atoms with E-state index in [9.17, 15) is 13.2 Å². The second-order valence-electron chi connectivity index (χ2n) is 7.51. The molecule has 2 aromatic rings. The number of sulfone groups is 1. The SMILES string of the molecule is CS(=O)(=O)CC(=O)N1CCCC(c2nc3ccc(N4CCOCC4)cn3n2)C1. The molecule has 4 heterocycles. The number of fused-ring (bicyclic) bond motifs is 1. The summed E-state index contributed by atoms with van der Waals surface area (Å²) in [7, 11) is -3.33. The quantitative estimate of drug-likeness (QED) is 0.720. The number of anilines is 1. The van der Waals surface area contributed by atoms with Crippen molar-refractivity contribution < 1.29 is 17.9 Å². The van der Waals surface area contributed by atoms with Gasteiger partial charge in [0.15, 0.2) is 21.3 Å². The Hall–Kier alpha value is -2.20. The highest BCUT2D eigenvalue weighted by Crippen LogP contribution is 2.26. The Balaban J connectivity index is 1.51. The lowest BCUT2D eigenvalue weighted by Gasteiger charge is -2.31. The van der Waals surface area contributed by atoms with Gasteiger partial charge in [-0.25, -0.2) is 17.9 Å². The van der Waals surface area contributed by atoms with E-state index in [1.54, 1.807) is 9.42 Å². The van der Waals surface area contributed by atoms with Crippen molar-refractivity contribution in [1.82, 2.24) is 19.5 Å². The third kappa shape index (κ3) is 4.27. The molecule has 1 unspecified atom stereocenters. The Morgan fingerprint density at radius 1 is 1.25 bits per heavy atom. The average molecular weight is 407 g/mol. The third-order valence-electron chi connectivity index (χ3n) is 5.23. The Morgan fingerprint density at radius 2 is 2.04 bits per heavy atom. The van der Waals surface area contributed by atoms with Gasteiger partial charge < -0.3 is 14.5 Å². The van der Waals surface area contributed by atoms with Gasteiger partial charge in [-0.05, 0) is 25.0 Å². The molecule has 2 saturated heterocycles. The number of ether oxygens (including phenoxy) is 1. The number of rotatable bonds is 4. The van der Waals surface area contributed by atoms with Gasteiger partial charge in [-0.1, -0.05) is 0 Å². The number of likely N-dealkylation sites (tertiary alicyclic amines) is 1. The summed E-state index contributed by atoms with van der Waals surface area (Å²) >= 11 is 0. The molecule has 1 atom stereocenters. The number of aromatic nitrogens is 3. The van der Waals surface area contributed by atoms with E-state index in [1.165, 1.54) is 0 Å². The van der Waals surface area contributed by atoms with Gasteiger partial charge in [-0.15, -0.1) is 0 Å². The van der Waals surface area contributed by atoms with Crippen LogP contribution in [0.4, 0.5) is 5.69 Å². The molecule has 0 saturated carbocycles. The van der Waals surface area contributed by atoms with Crippen molar-refractivity contribution in [2.45, 2.75) is 18.8 Å². The van der Waals surface area contributed by atoms with Crippen LogP contribution in [0.3, 0.4) is 0 Å². The molecule has 2 aromatic heterocycles. The van der Waals surface area contributed by atoms with Crippen LogP contribution >= 0.6 is 0 Å². The van der Waals surface area contributed by atoms with E-state index in [0.29, 0.717) is 18.9 Å².